The molecule has 6 atom stereocenters. The zero-order valence-electron chi connectivity index (χ0n) is 23.8. The van der Waals surface area contributed by atoms with Gasteiger partial charge >= 0.3 is 0 Å². The van der Waals surface area contributed by atoms with Gasteiger partial charge in [0.05, 0.1) is 12.2 Å². The van der Waals surface area contributed by atoms with Crippen molar-refractivity contribution in [1.82, 2.24) is 0 Å². The molecule has 4 aliphatic carbocycles. The van der Waals surface area contributed by atoms with E-state index in [4.69, 9.17) is 0 Å². The molecular weight excluding hydrogens is 456 g/mol. The Morgan fingerprint density at radius 2 is 1.95 bits per heavy atom. The highest BCUT2D eigenvalue weighted by Gasteiger charge is 2.50. The molecule has 2 N–H and O–H groups in total. The van der Waals surface area contributed by atoms with E-state index in [9.17, 15) is 15.0 Å². The van der Waals surface area contributed by atoms with Crippen molar-refractivity contribution in [2.45, 2.75) is 129 Å². The quantitative estimate of drug-likeness (QED) is 0.219. The van der Waals surface area contributed by atoms with Crippen LogP contribution in [-0.4, -0.2) is 28.2 Å². The molecule has 0 aromatic rings. The molecule has 4 rings (SSSR count). The van der Waals surface area contributed by atoms with Gasteiger partial charge in [0.25, 0.3) is 0 Å². The molecule has 4 saturated carbocycles. The van der Waals surface area contributed by atoms with Crippen LogP contribution in [-0.2, 0) is 4.79 Å². The molecule has 4 aliphatic rings. The van der Waals surface area contributed by atoms with Crippen molar-refractivity contribution >= 4 is 5.78 Å². The van der Waals surface area contributed by atoms with Crippen LogP contribution >= 0.6 is 0 Å². The zero-order valence-corrected chi connectivity index (χ0v) is 23.8. The average molecular weight is 509 g/mol. The lowest BCUT2D eigenvalue weighted by Crippen LogP contribution is -2.35. The summed E-state index contributed by atoms with van der Waals surface area (Å²) < 4.78 is 0. The summed E-state index contributed by atoms with van der Waals surface area (Å²) in [5, 5.41) is 20.3. The summed E-state index contributed by atoms with van der Waals surface area (Å²) in [6.07, 6.45) is 24.0. The molecule has 0 aliphatic heterocycles. The van der Waals surface area contributed by atoms with Crippen molar-refractivity contribution in [2.75, 3.05) is 0 Å². The standard InChI is InChI=1S/C34H52O3/c1-5-6-7-13-32(37)34(20-21-34)19-9-8-11-24(2)29-16-17-30-26(12-10-18-33(29,30)4)14-15-27-22-28(35)23-31(36)25(27)3/h8,11,14-15,24,28-31,35-36H,3,5-7,9-10,12-13,16-23H2,1-2,4H3/b11-8+,26-14+,27-15-/t24-,28-,29-,30+,31+,33-/m1/s1. The van der Waals surface area contributed by atoms with E-state index in [1.54, 1.807) is 5.57 Å². The van der Waals surface area contributed by atoms with Crippen LogP contribution in [0.1, 0.15) is 117 Å². The number of Topliss-reactive ketones (excluding diaryl/α,β-unsaturated/α-hetero) is 1. The van der Waals surface area contributed by atoms with Gasteiger partial charge in [0.2, 0.25) is 0 Å². The third-order valence-corrected chi connectivity index (χ3v) is 10.6. The summed E-state index contributed by atoms with van der Waals surface area (Å²) in [6, 6.07) is 0. The average Bonchev–Trinajstić information content (AvgIpc) is 3.57. The summed E-state index contributed by atoms with van der Waals surface area (Å²) >= 11 is 0. The first kappa shape index (κ1) is 28.6. The zero-order chi connectivity index (χ0) is 26.6. The fourth-order valence-electron chi connectivity index (χ4n) is 8.03. The van der Waals surface area contributed by atoms with Crippen LogP contribution in [0.5, 0.6) is 0 Å². The normalized spacial score (nSPS) is 36.3. The van der Waals surface area contributed by atoms with Gasteiger partial charge in [0.15, 0.2) is 0 Å². The number of aliphatic hydroxyl groups is 2. The van der Waals surface area contributed by atoms with Crippen LogP contribution in [0.3, 0.4) is 0 Å². The first-order chi connectivity index (χ1) is 17.7. The number of ketones is 1. The first-order valence-corrected chi connectivity index (χ1v) is 15.3. The molecule has 0 aromatic heterocycles. The Kier molecular flexibility index (Phi) is 9.39. The maximum Gasteiger partial charge on any atom is 0.139 e. The Bertz CT molecular complexity index is 919. The number of rotatable bonds is 11. The third-order valence-electron chi connectivity index (χ3n) is 10.6. The topological polar surface area (TPSA) is 57.5 Å². The van der Waals surface area contributed by atoms with E-state index < -0.39 is 12.2 Å². The molecule has 4 fully saturated rings. The summed E-state index contributed by atoms with van der Waals surface area (Å²) in [5.41, 5.74) is 3.70. The van der Waals surface area contributed by atoms with Gasteiger partial charge in [-0.05, 0) is 105 Å². The highest BCUT2D eigenvalue weighted by molar-refractivity contribution is 5.87. The Labute approximate surface area is 226 Å². The SMILES string of the molecule is C=C1/C(=C\C=C2/CCC[C@]3(C)[C@@H]([C@H](C)/C=C/CCC4(C(=O)CCCCC)CC4)CC[C@@H]23)C[C@@H](O)C[C@@H]1O. The summed E-state index contributed by atoms with van der Waals surface area (Å²) in [5.74, 6) is 2.42. The molecule has 3 nitrogen and oxygen atoms in total. The second-order valence-electron chi connectivity index (χ2n) is 13.2. The molecule has 0 saturated heterocycles. The summed E-state index contributed by atoms with van der Waals surface area (Å²) in [7, 11) is 0. The van der Waals surface area contributed by atoms with Gasteiger partial charge in [0, 0.05) is 18.3 Å². The van der Waals surface area contributed by atoms with Gasteiger partial charge in [-0.1, -0.05) is 70.1 Å². The molecule has 0 aromatic carbocycles. The van der Waals surface area contributed by atoms with E-state index in [1.165, 1.54) is 38.5 Å². The molecule has 0 bridgehead atoms. The molecule has 0 spiro atoms. The number of aliphatic hydroxyl groups excluding tert-OH is 2. The summed E-state index contributed by atoms with van der Waals surface area (Å²) in [6.45, 7) is 11.2. The van der Waals surface area contributed by atoms with Gasteiger partial charge in [-0.3, -0.25) is 4.79 Å². The van der Waals surface area contributed by atoms with Crippen LogP contribution in [0.4, 0.5) is 0 Å². The van der Waals surface area contributed by atoms with E-state index >= 15 is 0 Å². The van der Waals surface area contributed by atoms with E-state index in [-0.39, 0.29) is 5.41 Å². The van der Waals surface area contributed by atoms with Crippen LogP contribution in [0.2, 0.25) is 0 Å². The second kappa shape index (κ2) is 12.2. The number of unbranched alkanes of at least 4 members (excludes halogenated alkanes) is 2. The predicted molar refractivity (Wildman–Crippen MR) is 153 cm³/mol. The molecule has 0 unspecified atom stereocenters. The van der Waals surface area contributed by atoms with E-state index in [0.717, 1.165) is 56.1 Å². The minimum atomic E-state index is -0.623. The van der Waals surface area contributed by atoms with Crippen LogP contribution in [0, 0.1) is 28.6 Å². The fraction of sp³-hybridized carbons (Fsp3) is 0.735. The summed E-state index contributed by atoms with van der Waals surface area (Å²) in [4.78, 5) is 12.7. The van der Waals surface area contributed by atoms with Crippen LogP contribution in [0.25, 0.3) is 0 Å². The van der Waals surface area contributed by atoms with Crippen molar-refractivity contribution in [3.63, 3.8) is 0 Å². The smallest absolute Gasteiger partial charge is 0.139 e. The Hall–Kier alpha value is -1.45. The van der Waals surface area contributed by atoms with Gasteiger partial charge in [0.1, 0.15) is 5.78 Å². The molecule has 0 amide bonds. The molecule has 206 valence electrons. The highest BCUT2D eigenvalue weighted by atomic mass is 16.3. The Morgan fingerprint density at radius 3 is 2.68 bits per heavy atom. The van der Waals surface area contributed by atoms with E-state index in [2.05, 4.69) is 51.7 Å². The monoisotopic (exact) mass is 508 g/mol. The van der Waals surface area contributed by atoms with Crippen molar-refractivity contribution in [1.29, 1.82) is 0 Å². The number of carbonyl (C=O) groups is 1. The van der Waals surface area contributed by atoms with E-state index in [0.29, 0.717) is 41.8 Å². The molecule has 0 heterocycles. The van der Waals surface area contributed by atoms with E-state index in [1.807, 2.05) is 0 Å². The predicted octanol–water partition coefficient (Wildman–Crippen LogP) is 8.03. The first-order valence-electron chi connectivity index (χ1n) is 15.3. The molecule has 0 radical (unpaired) electrons. The van der Waals surface area contributed by atoms with Gasteiger partial charge in [-0.25, -0.2) is 0 Å². The number of hydrogen-bond acceptors (Lipinski definition) is 3. The molecule has 3 heteroatoms. The maximum atomic E-state index is 12.7. The molecule has 37 heavy (non-hydrogen) atoms. The molecular formula is C34H52O3. The lowest BCUT2D eigenvalue weighted by Gasteiger charge is -2.44. The highest BCUT2D eigenvalue weighted by Crippen LogP contribution is 2.59. The minimum absolute atomic E-state index is 0.0268. The largest absolute Gasteiger partial charge is 0.393 e. The minimum Gasteiger partial charge on any atom is -0.393 e. The number of fused-ring (bicyclic) bond motifs is 1. The Morgan fingerprint density at radius 1 is 1.16 bits per heavy atom. The lowest BCUT2D eigenvalue weighted by atomic mass is 9.61. The van der Waals surface area contributed by atoms with Crippen LogP contribution in [0.15, 0.2) is 47.6 Å². The van der Waals surface area contributed by atoms with Crippen LogP contribution < -0.4 is 0 Å². The fourth-order valence-corrected chi connectivity index (χ4v) is 8.03. The van der Waals surface area contributed by atoms with Crippen molar-refractivity contribution in [3.05, 3.63) is 47.6 Å². The lowest BCUT2D eigenvalue weighted by molar-refractivity contribution is -0.124. The van der Waals surface area contributed by atoms with Gasteiger partial charge in [-0.15, -0.1) is 0 Å². The van der Waals surface area contributed by atoms with Gasteiger partial charge in [-0.2, -0.15) is 0 Å². The van der Waals surface area contributed by atoms with Crippen molar-refractivity contribution in [2.24, 2.45) is 28.6 Å². The number of hydrogen-bond donors (Lipinski definition) is 2. The van der Waals surface area contributed by atoms with Gasteiger partial charge < -0.3 is 10.2 Å². The number of carbonyl (C=O) groups excluding carboxylic acids is 1. The Balaban J connectivity index is 1.34. The number of allylic oxidation sites excluding steroid dienone is 5. The third kappa shape index (κ3) is 6.41. The van der Waals surface area contributed by atoms with Crippen molar-refractivity contribution in [3.8, 4) is 0 Å². The maximum absolute atomic E-state index is 12.7. The second-order valence-corrected chi connectivity index (χ2v) is 13.2. The van der Waals surface area contributed by atoms with Crippen molar-refractivity contribution < 1.29 is 15.0 Å².